The van der Waals surface area contributed by atoms with Crippen molar-refractivity contribution in [3.8, 4) is 0 Å². The van der Waals surface area contributed by atoms with Gasteiger partial charge in [0.25, 0.3) is 0 Å². The van der Waals surface area contributed by atoms with E-state index in [-0.39, 0.29) is 19.6 Å². The number of unbranched alkanes of at least 4 members (excludes halogenated alkanes) is 13. The van der Waals surface area contributed by atoms with E-state index in [1.807, 2.05) is 54.6 Å². The molecule has 0 saturated carbocycles. The maximum Gasteiger partial charge on any atom is 0.303 e. The van der Waals surface area contributed by atoms with Gasteiger partial charge >= 0.3 is 5.97 Å². The molecule has 0 saturated heterocycles. The lowest BCUT2D eigenvalue weighted by Crippen LogP contribution is -2.40. The van der Waals surface area contributed by atoms with Crippen LogP contribution in [0.3, 0.4) is 0 Å². The molecule has 0 aromatic heterocycles. The summed E-state index contributed by atoms with van der Waals surface area (Å²) >= 11 is 0. The van der Waals surface area contributed by atoms with Crippen LogP contribution in [0, 0.1) is 0 Å². The molecule has 0 heterocycles. The lowest BCUT2D eigenvalue weighted by molar-refractivity contribution is -0.138. The Morgan fingerprint density at radius 2 is 1.02 bits per heavy atom. The van der Waals surface area contributed by atoms with E-state index in [9.17, 15) is 9.90 Å². The predicted octanol–water partition coefficient (Wildman–Crippen LogP) is 10.5. The molecule has 0 aliphatic heterocycles. The summed E-state index contributed by atoms with van der Waals surface area (Å²) in [7, 11) is 0. The second kappa shape index (κ2) is 23.4. The fourth-order valence-corrected chi connectivity index (χ4v) is 6.44. The van der Waals surface area contributed by atoms with E-state index in [1.54, 1.807) is 0 Å². The standard InChI is InChI=1S/C42H60O5/c1-2-3-4-5-6-7-8-9-10-11-12-13-14-24-32-39(43)40(46-34-25-33-41(44)45)35-47-42(36-26-18-15-19-27-36,37-28-20-16-21-29-37)38-30-22-17-23-31-38/h15-23,26-31,39-40,43H,2-14,24-25,32-35H2,1H3,(H,44,45)/t39?,40-/m1/s1. The van der Waals surface area contributed by atoms with E-state index in [4.69, 9.17) is 14.6 Å². The van der Waals surface area contributed by atoms with Crippen molar-refractivity contribution in [3.05, 3.63) is 108 Å². The Morgan fingerprint density at radius 3 is 1.43 bits per heavy atom. The number of aliphatic hydroxyl groups excluding tert-OH is 1. The average molecular weight is 645 g/mol. The molecule has 0 bridgehead atoms. The normalized spacial score (nSPS) is 13.0. The van der Waals surface area contributed by atoms with Crippen LogP contribution in [0.15, 0.2) is 91.0 Å². The molecule has 1 unspecified atom stereocenters. The minimum Gasteiger partial charge on any atom is -0.481 e. The topological polar surface area (TPSA) is 76.0 Å². The minimum atomic E-state index is -0.915. The first-order valence-electron chi connectivity index (χ1n) is 18.4. The third-order valence-corrected chi connectivity index (χ3v) is 9.15. The second-order valence-corrected chi connectivity index (χ2v) is 12.9. The van der Waals surface area contributed by atoms with Gasteiger partial charge in [-0.05, 0) is 29.5 Å². The Bertz CT molecular complexity index is 1090. The Hall–Kier alpha value is -2.99. The van der Waals surface area contributed by atoms with E-state index < -0.39 is 23.8 Å². The molecule has 47 heavy (non-hydrogen) atoms. The number of hydrogen-bond donors (Lipinski definition) is 2. The fraction of sp³-hybridized carbons (Fsp3) is 0.548. The van der Waals surface area contributed by atoms with Gasteiger partial charge in [-0.2, -0.15) is 0 Å². The van der Waals surface area contributed by atoms with Crippen molar-refractivity contribution in [2.45, 2.75) is 134 Å². The number of carbonyl (C=O) groups is 1. The molecule has 2 N–H and O–H groups in total. The molecular weight excluding hydrogens is 584 g/mol. The van der Waals surface area contributed by atoms with Gasteiger partial charge in [0.05, 0.1) is 12.7 Å². The van der Waals surface area contributed by atoms with E-state index in [1.165, 1.54) is 77.0 Å². The number of aliphatic carboxylic acids is 1. The van der Waals surface area contributed by atoms with Crippen molar-refractivity contribution in [2.24, 2.45) is 0 Å². The minimum absolute atomic E-state index is 0.0324. The van der Waals surface area contributed by atoms with Crippen LogP contribution in [0.1, 0.15) is 133 Å². The SMILES string of the molecule is CCCCCCCCCCCCCCCCC(O)[C@@H](COC(c1ccccc1)(c1ccccc1)c1ccccc1)OCCCC(=O)O. The molecule has 0 aliphatic rings. The van der Waals surface area contributed by atoms with E-state index in [0.717, 1.165) is 29.5 Å². The van der Waals surface area contributed by atoms with Crippen LogP contribution in [-0.4, -0.2) is 41.6 Å². The van der Waals surface area contributed by atoms with E-state index in [0.29, 0.717) is 12.8 Å². The van der Waals surface area contributed by atoms with Gasteiger partial charge in [-0.25, -0.2) is 0 Å². The highest BCUT2D eigenvalue weighted by atomic mass is 16.6. The molecule has 3 rings (SSSR count). The molecule has 258 valence electrons. The van der Waals surface area contributed by atoms with Gasteiger partial charge in [-0.3, -0.25) is 4.79 Å². The monoisotopic (exact) mass is 644 g/mol. The van der Waals surface area contributed by atoms with Crippen molar-refractivity contribution in [2.75, 3.05) is 13.2 Å². The van der Waals surface area contributed by atoms with Crippen molar-refractivity contribution in [1.82, 2.24) is 0 Å². The van der Waals surface area contributed by atoms with Crippen LogP contribution in [0.5, 0.6) is 0 Å². The highest BCUT2D eigenvalue weighted by Crippen LogP contribution is 2.40. The Morgan fingerprint density at radius 1 is 0.617 bits per heavy atom. The van der Waals surface area contributed by atoms with Gasteiger partial charge in [0, 0.05) is 13.0 Å². The van der Waals surface area contributed by atoms with Crippen LogP contribution in [0.4, 0.5) is 0 Å². The van der Waals surface area contributed by atoms with Gasteiger partial charge < -0.3 is 19.7 Å². The number of hydrogen-bond acceptors (Lipinski definition) is 4. The quantitative estimate of drug-likeness (QED) is 0.0638. The van der Waals surface area contributed by atoms with Crippen molar-refractivity contribution < 1.29 is 24.5 Å². The number of carboxylic acids is 1. The Labute approximate surface area is 284 Å². The zero-order valence-corrected chi connectivity index (χ0v) is 28.9. The first-order chi connectivity index (χ1) is 23.1. The molecule has 2 atom stereocenters. The van der Waals surface area contributed by atoms with Crippen LogP contribution in [-0.2, 0) is 19.9 Å². The van der Waals surface area contributed by atoms with E-state index >= 15 is 0 Å². The van der Waals surface area contributed by atoms with Crippen molar-refractivity contribution >= 4 is 5.97 Å². The molecule has 0 amide bonds. The molecule has 0 fully saturated rings. The Kier molecular flexibility index (Phi) is 19.1. The first-order valence-corrected chi connectivity index (χ1v) is 18.4. The van der Waals surface area contributed by atoms with E-state index in [2.05, 4.69) is 43.3 Å². The fourth-order valence-electron chi connectivity index (χ4n) is 6.44. The van der Waals surface area contributed by atoms with Gasteiger partial charge in [0.15, 0.2) is 0 Å². The molecule has 5 nitrogen and oxygen atoms in total. The number of rotatable bonds is 27. The summed E-state index contributed by atoms with van der Waals surface area (Å²) in [6.07, 6.45) is 17.8. The first kappa shape index (κ1) is 38.5. The smallest absolute Gasteiger partial charge is 0.303 e. The summed E-state index contributed by atoms with van der Waals surface area (Å²) < 4.78 is 13.2. The summed E-state index contributed by atoms with van der Waals surface area (Å²) in [4.78, 5) is 11.1. The molecular formula is C42H60O5. The lowest BCUT2D eigenvalue weighted by Gasteiger charge is -2.37. The van der Waals surface area contributed by atoms with Crippen LogP contribution in [0.25, 0.3) is 0 Å². The molecule has 3 aromatic carbocycles. The lowest BCUT2D eigenvalue weighted by atomic mass is 9.80. The zero-order chi connectivity index (χ0) is 33.4. The Balaban J connectivity index is 1.58. The second-order valence-electron chi connectivity index (χ2n) is 12.9. The number of ether oxygens (including phenoxy) is 2. The number of aliphatic hydroxyl groups is 1. The highest BCUT2D eigenvalue weighted by molar-refractivity contribution is 5.66. The molecule has 0 spiro atoms. The van der Waals surface area contributed by atoms with Crippen molar-refractivity contribution in [1.29, 1.82) is 0 Å². The predicted molar refractivity (Wildman–Crippen MR) is 193 cm³/mol. The van der Waals surface area contributed by atoms with Gasteiger partial charge in [-0.15, -0.1) is 0 Å². The summed E-state index contributed by atoms with van der Waals surface area (Å²) in [5, 5.41) is 20.5. The third-order valence-electron chi connectivity index (χ3n) is 9.15. The average Bonchev–Trinajstić information content (AvgIpc) is 3.10. The summed E-state index contributed by atoms with van der Waals surface area (Å²) in [5.74, 6) is -0.847. The molecule has 0 radical (unpaired) electrons. The van der Waals surface area contributed by atoms with Crippen molar-refractivity contribution in [3.63, 3.8) is 0 Å². The maximum atomic E-state index is 11.4. The summed E-state index contributed by atoms with van der Waals surface area (Å²) in [5.41, 5.74) is 2.05. The van der Waals surface area contributed by atoms with Crippen LogP contribution < -0.4 is 0 Å². The summed E-state index contributed by atoms with van der Waals surface area (Å²) in [6, 6.07) is 30.6. The van der Waals surface area contributed by atoms with Gasteiger partial charge in [0.1, 0.15) is 11.7 Å². The number of benzene rings is 3. The highest BCUT2D eigenvalue weighted by Gasteiger charge is 2.39. The molecule has 5 heteroatoms. The molecule has 0 aliphatic carbocycles. The van der Waals surface area contributed by atoms with Crippen LogP contribution >= 0.6 is 0 Å². The largest absolute Gasteiger partial charge is 0.481 e. The maximum absolute atomic E-state index is 11.4. The van der Waals surface area contributed by atoms with Crippen LogP contribution in [0.2, 0.25) is 0 Å². The summed E-state index contributed by atoms with van der Waals surface area (Å²) in [6.45, 7) is 2.68. The third kappa shape index (κ3) is 13.9. The zero-order valence-electron chi connectivity index (χ0n) is 28.9. The van der Waals surface area contributed by atoms with Gasteiger partial charge in [-0.1, -0.05) is 188 Å². The van der Waals surface area contributed by atoms with Gasteiger partial charge in [0.2, 0.25) is 0 Å². The molecule has 3 aromatic rings. The number of carboxylic acid groups (broad SMARTS) is 1.